The number of nitrogens with one attached hydrogen (secondary N) is 2. The largest absolute Gasteiger partial charge is 0.366 e. The summed E-state index contributed by atoms with van der Waals surface area (Å²) < 4.78 is 26.1. The predicted molar refractivity (Wildman–Crippen MR) is 67.2 cm³/mol. The van der Waals surface area contributed by atoms with E-state index in [2.05, 4.69) is 24.9 Å². The minimum absolute atomic E-state index is 0.175. The lowest BCUT2D eigenvalue weighted by Crippen LogP contribution is -2.22. The van der Waals surface area contributed by atoms with Gasteiger partial charge in [-0.2, -0.15) is 5.10 Å². The Hall–Kier alpha value is -2.29. The third-order valence-corrected chi connectivity index (χ3v) is 3.74. The Labute approximate surface area is 109 Å². The van der Waals surface area contributed by atoms with E-state index in [0.29, 0.717) is 11.4 Å². The molecule has 8 nitrogen and oxygen atoms in total. The average molecular weight is 281 g/mol. The van der Waals surface area contributed by atoms with E-state index in [0.717, 1.165) is 12.3 Å². The number of pyridine rings is 1. The van der Waals surface area contributed by atoms with Crippen LogP contribution in [0.4, 0.5) is 5.95 Å². The Balaban J connectivity index is 2.40. The first-order valence-electron chi connectivity index (χ1n) is 5.28. The molecule has 2 N–H and O–H groups in total. The van der Waals surface area contributed by atoms with Crippen molar-refractivity contribution in [3.8, 4) is 0 Å². The molecule has 0 unspecified atom stereocenters. The second-order valence-corrected chi connectivity index (χ2v) is 5.44. The van der Waals surface area contributed by atoms with Crippen molar-refractivity contribution in [2.45, 2.75) is 18.7 Å². The molecule has 0 aliphatic rings. The second kappa shape index (κ2) is 4.76. The van der Waals surface area contributed by atoms with Crippen LogP contribution in [0.1, 0.15) is 11.4 Å². The highest BCUT2D eigenvalue weighted by Crippen LogP contribution is 2.08. The van der Waals surface area contributed by atoms with Gasteiger partial charge < -0.3 is 4.98 Å². The summed E-state index contributed by atoms with van der Waals surface area (Å²) >= 11 is 0. The molecule has 0 aromatic carbocycles. The molecular formula is C10H11N5O3S. The van der Waals surface area contributed by atoms with Crippen LogP contribution in [0.25, 0.3) is 0 Å². The molecule has 0 fully saturated rings. The maximum absolute atomic E-state index is 12.0. The summed E-state index contributed by atoms with van der Waals surface area (Å²) in [7, 11) is -4.03. The maximum atomic E-state index is 12.0. The molecule has 2 heterocycles. The molecule has 0 amide bonds. The number of hydrogen-bond donors (Lipinski definition) is 2. The van der Waals surface area contributed by atoms with Gasteiger partial charge in [0.05, 0.1) is 11.4 Å². The fourth-order valence-electron chi connectivity index (χ4n) is 1.29. The van der Waals surface area contributed by atoms with Crippen LogP contribution < -0.4 is 10.2 Å². The summed E-state index contributed by atoms with van der Waals surface area (Å²) in [6.45, 7) is 3.38. The zero-order valence-electron chi connectivity index (χ0n) is 10.2. The minimum atomic E-state index is -4.03. The molecule has 0 bridgehead atoms. The van der Waals surface area contributed by atoms with Crippen molar-refractivity contribution in [3.05, 3.63) is 40.1 Å². The minimum Gasteiger partial charge on any atom is -0.366 e. The first-order valence-corrected chi connectivity index (χ1v) is 6.76. The van der Waals surface area contributed by atoms with E-state index in [1.807, 2.05) is 0 Å². The van der Waals surface area contributed by atoms with E-state index in [1.165, 1.54) is 6.20 Å². The van der Waals surface area contributed by atoms with Gasteiger partial charge in [0.15, 0.2) is 4.90 Å². The summed E-state index contributed by atoms with van der Waals surface area (Å²) in [5.41, 5.74) is 0.526. The molecule has 9 heteroatoms. The number of aryl methyl sites for hydroxylation is 2. The molecule has 2 aromatic rings. The van der Waals surface area contributed by atoms with E-state index in [-0.39, 0.29) is 5.95 Å². The van der Waals surface area contributed by atoms with E-state index in [9.17, 15) is 13.2 Å². The topological polar surface area (TPSA) is 118 Å². The summed E-state index contributed by atoms with van der Waals surface area (Å²) in [6.07, 6.45) is 2.44. The second-order valence-electron chi connectivity index (χ2n) is 3.78. The van der Waals surface area contributed by atoms with Gasteiger partial charge in [-0.25, -0.2) is 18.1 Å². The Morgan fingerprint density at radius 2 is 1.95 bits per heavy atom. The van der Waals surface area contributed by atoms with Crippen LogP contribution in [0.5, 0.6) is 0 Å². The zero-order chi connectivity index (χ0) is 14.0. The normalized spacial score (nSPS) is 11.3. The number of nitrogens with zero attached hydrogens (tertiary/aromatic N) is 3. The van der Waals surface area contributed by atoms with Gasteiger partial charge in [-0.3, -0.25) is 4.79 Å². The lowest BCUT2D eigenvalue weighted by molar-refractivity contribution is 0.599. The van der Waals surface area contributed by atoms with Crippen LogP contribution in [-0.4, -0.2) is 28.6 Å². The van der Waals surface area contributed by atoms with Crippen molar-refractivity contribution in [1.29, 1.82) is 0 Å². The predicted octanol–water partition coefficient (Wildman–Crippen LogP) is -0.0225. The van der Waals surface area contributed by atoms with Gasteiger partial charge >= 0.3 is 0 Å². The fraction of sp³-hybridized carbons (Fsp3) is 0.200. The van der Waals surface area contributed by atoms with Gasteiger partial charge in [-0.1, -0.05) is 0 Å². The van der Waals surface area contributed by atoms with Crippen molar-refractivity contribution in [2.75, 3.05) is 4.72 Å². The number of H-pyrrole nitrogens is 1. The van der Waals surface area contributed by atoms with Crippen LogP contribution >= 0.6 is 0 Å². The molecule has 19 heavy (non-hydrogen) atoms. The third kappa shape index (κ3) is 2.76. The van der Waals surface area contributed by atoms with E-state index >= 15 is 0 Å². The Bertz CT molecular complexity index is 769. The first-order chi connectivity index (χ1) is 8.90. The van der Waals surface area contributed by atoms with Crippen molar-refractivity contribution in [1.82, 2.24) is 20.2 Å². The van der Waals surface area contributed by atoms with Crippen LogP contribution in [-0.2, 0) is 10.0 Å². The highest BCUT2D eigenvalue weighted by atomic mass is 32.2. The fourth-order valence-corrected chi connectivity index (χ4v) is 2.28. The molecule has 0 aliphatic carbocycles. The number of anilines is 1. The number of sulfonamides is 1. The van der Waals surface area contributed by atoms with Crippen LogP contribution in [0.15, 0.2) is 28.2 Å². The van der Waals surface area contributed by atoms with Crippen molar-refractivity contribution >= 4 is 16.0 Å². The van der Waals surface area contributed by atoms with Crippen LogP contribution in [0.2, 0.25) is 0 Å². The van der Waals surface area contributed by atoms with Crippen molar-refractivity contribution in [3.63, 3.8) is 0 Å². The highest BCUT2D eigenvalue weighted by Gasteiger charge is 2.19. The number of hydrogen-bond acceptors (Lipinski definition) is 6. The standard InChI is InChI=1S/C10H11N5O3S/c1-6-7(2)13-14-10(12-6)15-19(17,18)9-5-11-4-3-8(9)16/h3-5H,1-2H3,(H,11,16)(H,12,14,15). The molecule has 2 aromatic heterocycles. The quantitative estimate of drug-likeness (QED) is 0.816. The number of aromatic amines is 1. The SMILES string of the molecule is Cc1nnc(NS(=O)(=O)c2c[nH]ccc2=O)nc1C. The lowest BCUT2D eigenvalue weighted by Gasteiger charge is -2.06. The van der Waals surface area contributed by atoms with E-state index < -0.39 is 20.3 Å². The van der Waals surface area contributed by atoms with Gasteiger partial charge in [-0.05, 0) is 13.8 Å². The lowest BCUT2D eigenvalue weighted by atomic mass is 10.4. The molecule has 0 saturated heterocycles. The monoisotopic (exact) mass is 281 g/mol. The molecule has 0 aliphatic heterocycles. The summed E-state index contributed by atoms with van der Waals surface area (Å²) in [5.74, 6) is -0.175. The molecule has 0 saturated carbocycles. The van der Waals surface area contributed by atoms with Gasteiger partial charge in [0.1, 0.15) is 0 Å². The molecule has 100 valence electrons. The number of rotatable bonds is 3. The first kappa shape index (κ1) is 13.1. The maximum Gasteiger partial charge on any atom is 0.269 e. The third-order valence-electron chi connectivity index (χ3n) is 2.40. The van der Waals surface area contributed by atoms with Crippen LogP contribution in [0.3, 0.4) is 0 Å². The highest BCUT2D eigenvalue weighted by molar-refractivity contribution is 7.92. The molecule has 2 rings (SSSR count). The molecule has 0 spiro atoms. The number of aromatic nitrogens is 4. The van der Waals surface area contributed by atoms with Crippen molar-refractivity contribution in [2.24, 2.45) is 0 Å². The van der Waals surface area contributed by atoms with E-state index in [4.69, 9.17) is 0 Å². The molecule has 0 radical (unpaired) electrons. The van der Waals surface area contributed by atoms with Gasteiger partial charge in [-0.15, -0.1) is 5.10 Å². The summed E-state index contributed by atoms with van der Waals surface area (Å²) in [5, 5.41) is 7.37. The van der Waals surface area contributed by atoms with Gasteiger partial charge in [0, 0.05) is 18.5 Å². The van der Waals surface area contributed by atoms with E-state index in [1.54, 1.807) is 13.8 Å². The molecular weight excluding hydrogens is 270 g/mol. The van der Waals surface area contributed by atoms with Gasteiger partial charge in [0.25, 0.3) is 16.0 Å². The smallest absolute Gasteiger partial charge is 0.269 e. The van der Waals surface area contributed by atoms with Gasteiger partial charge in [0.2, 0.25) is 5.43 Å². The Morgan fingerprint density at radius 3 is 2.58 bits per heavy atom. The summed E-state index contributed by atoms with van der Waals surface area (Å²) in [6, 6.07) is 1.12. The summed E-state index contributed by atoms with van der Waals surface area (Å²) in [4.78, 5) is 17.6. The molecule has 0 atom stereocenters. The zero-order valence-corrected chi connectivity index (χ0v) is 11.0. The Morgan fingerprint density at radius 1 is 1.21 bits per heavy atom. The van der Waals surface area contributed by atoms with Crippen LogP contribution in [0, 0.1) is 13.8 Å². The Kier molecular flexibility index (Phi) is 3.30. The average Bonchev–Trinajstić information content (AvgIpc) is 2.34. The van der Waals surface area contributed by atoms with Crippen molar-refractivity contribution < 1.29 is 8.42 Å².